The molecule has 1 fully saturated rings. The largest absolute Gasteiger partial charge is 0.474 e. The van der Waals surface area contributed by atoms with Crippen molar-refractivity contribution >= 4 is 34.9 Å². The highest BCUT2D eigenvalue weighted by Gasteiger charge is 2.28. The molecule has 184 valence electrons. The van der Waals surface area contributed by atoms with Crippen LogP contribution in [0.4, 0.5) is 20.4 Å². The molecule has 0 bridgehead atoms. The van der Waals surface area contributed by atoms with Crippen molar-refractivity contribution in [3.63, 3.8) is 0 Å². The first-order valence-electron chi connectivity index (χ1n) is 10.3. The third-order valence-electron chi connectivity index (χ3n) is 5.27. The van der Waals surface area contributed by atoms with Crippen LogP contribution in [0, 0.1) is 21.7 Å². The molecular weight excluding hydrogens is 488 g/mol. The van der Waals surface area contributed by atoms with E-state index in [1.165, 1.54) is 33.9 Å². The molecule has 1 saturated heterocycles. The molecule has 4 rings (SSSR count). The molecule has 12 nitrogen and oxygen atoms in total. The molecule has 0 radical (unpaired) electrons. The number of carbonyl (C=O) groups excluding carboxylic acids is 1. The first-order valence-corrected chi connectivity index (χ1v) is 10.7. The number of halogens is 2. The molecule has 0 atom stereocenters. The maximum absolute atomic E-state index is 14.9. The molecule has 1 N–H and O–H groups in total. The monoisotopic (exact) mass is 507 g/mol. The summed E-state index contributed by atoms with van der Waals surface area (Å²) in [6, 6.07) is 4.61. The average Bonchev–Trinajstić information content (AvgIpc) is 3.52. The summed E-state index contributed by atoms with van der Waals surface area (Å²) in [6.07, 6.45) is 1.50. The predicted octanol–water partition coefficient (Wildman–Crippen LogP) is 2.03. The number of hydrogen-bond donors (Lipinski definition) is 1. The van der Waals surface area contributed by atoms with Crippen molar-refractivity contribution in [2.75, 3.05) is 38.2 Å². The lowest BCUT2D eigenvalue weighted by atomic mass is 10.2. The summed E-state index contributed by atoms with van der Waals surface area (Å²) in [4.78, 5) is 25.4. The Morgan fingerprint density at radius 3 is 2.54 bits per heavy atom. The van der Waals surface area contributed by atoms with Crippen LogP contribution in [-0.2, 0) is 11.3 Å². The Kier molecular flexibility index (Phi) is 6.86. The molecule has 3 aromatic rings. The lowest BCUT2D eigenvalue weighted by Gasteiger charge is -2.36. The maximum Gasteiger partial charge on any atom is 0.433 e. The van der Waals surface area contributed by atoms with Crippen LogP contribution in [0.1, 0.15) is 16.2 Å². The molecule has 1 aliphatic rings. The Morgan fingerprint density at radius 2 is 1.94 bits per heavy atom. The van der Waals surface area contributed by atoms with Crippen LogP contribution < -0.4 is 10.2 Å². The minimum Gasteiger partial charge on any atom is -0.474 e. The van der Waals surface area contributed by atoms with E-state index in [9.17, 15) is 23.7 Å². The number of thiocarbonyl (C=S) groups is 1. The Hall–Kier alpha value is -4.14. The predicted molar refractivity (Wildman–Crippen MR) is 121 cm³/mol. The van der Waals surface area contributed by atoms with Gasteiger partial charge in [-0.1, -0.05) is 5.21 Å². The molecule has 3 heterocycles. The Bertz CT molecular complexity index is 1250. The summed E-state index contributed by atoms with van der Waals surface area (Å²) < 4.78 is 40.9. The van der Waals surface area contributed by atoms with Crippen LogP contribution in [-0.4, -0.2) is 69.2 Å². The number of rotatable bonds is 6. The van der Waals surface area contributed by atoms with Gasteiger partial charge in [-0.25, -0.2) is 13.5 Å². The number of anilines is 1. The third kappa shape index (κ3) is 5.18. The zero-order chi connectivity index (χ0) is 25.1. The van der Waals surface area contributed by atoms with Gasteiger partial charge < -0.3 is 24.3 Å². The number of benzene rings is 1. The molecular formula is C20H19F2N7O5S. The van der Waals surface area contributed by atoms with Gasteiger partial charge in [0.05, 0.1) is 31.6 Å². The zero-order valence-electron chi connectivity index (χ0n) is 18.3. The summed E-state index contributed by atoms with van der Waals surface area (Å²) in [5, 5.41) is 21.5. The minimum atomic E-state index is -0.794. The van der Waals surface area contributed by atoms with Crippen LogP contribution >= 0.6 is 12.2 Å². The second-order valence-electron chi connectivity index (χ2n) is 7.43. The standard InChI is InChI=1S/C20H19F2N7O5S/c1-33-20(35)23-10-12-11-28(25-24-12)13-8-14(21)18(15(22)9-13)26-4-6-27(7-5-26)19(30)16-2-3-17(34-16)29(31)32/h2-3,8-9,11H,4-7,10H2,1H3,(H,23,35). The molecule has 0 spiro atoms. The molecule has 15 heteroatoms. The van der Waals surface area contributed by atoms with Gasteiger partial charge in [-0.15, -0.1) is 5.10 Å². The third-order valence-corrected chi connectivity index (χ3v) is 5.58. The number of amides is 1. The van der Waals surface area contributed by atoms with E-state index in [0.717, 1.165) is 18.2 Å². The normalized spacial score (nSPS) is 13.6. The van der Waals surface area contributed by atoms with Crippen molar-refractivity contribution < 1.29 is 27.7 Å². The van der Waals surface area contributed by atoms with Gasteiger partial charge in [-0.2, -0.15) is 0 Å². The average molecular weight is 507 g/mol. The molecule has 0 aliphatic carbocycles. The van der Waals surface area contributed by atoms with Crippen LogP contribution in [0.15, 0.2) is 34.9 Å². The molecule has 0 saturated carbocycles. The topological polar surface area (TPSA) is 132 Å². The number of carbonyl (C=O) groups is 1. The maximum atomic E-state index is 14.9. The Balaban J connectivity index is 1.42. The number of ether oxygens (including phenoxy) is 1. The van der Waals surface area contributed by atoms with E-state index in [4.69, 9.17) is 21.4 Å². The number of nitrogens with one attached hydrogen (secondary N) is 1. The van der Waals surface area contributed by atoms with Crippen molar-refractivity contribution in [2.45, 2.75) is 6.54 Å². The highest BCUT2D eigenvalue weighted by molar-refractivity contribution is 7.80. The number of nitrogens with zero attached hydrogens (tertiary/aromatic N) is 6. The van der Waals surface area contributed by atoms with Crippen molar-refractivity contribution in [3.8, 4) is 5.69 Å². The number of furan rings is 1. The van der Waals surface area contributed by atoms with Crippen molar-refractivity contribution in [1.82, 2.24) is 25.2 Å². The highest BCUT2D eigenvalue weighted by Crippen LogP contribution is 2.28. The number of piperazine rings is 1. The Labute approximate surface area is 202 Å². The Morgan fingerprint density at radius 1 is 1.26 bits per heavy atom. The van der Waals surface area contributed by atoms with E-state index >= 15 is 0 Å². The second kappa shape index (κ2) is 10.0. The van der Waals surface area contributed by atoms with E-state index in [0.29, 0.717) is 5.69 Å². The van der Waals surface area contributed by atoms with Gasteiger partial charge in [0, 0.05) is 38.3 Å². The summed E-state index contributed by atoms with van der Waals surface area (Å²) in [5.74, 6) is -2.82. The number of aromatic nitrogens is 3. The van der Waals surface area contributed by atoms with E-state index in [1.807, 2.05) is 0 Å². The fraction of sp³-hybridized carbons (Fsp3) is 0.300. The smallest absolute Gasteiger partial charge is 0.433 e. The molecule has 1 aromatic carbocycles. The van der Waals surface area contributed by atoms with Gasteiger partial charge >= 0.3 is 5.88 Å². The quantitative estimate of drug-likeness (QED) is 0.300. The summed E-state index contributed by atoms with van der Waals surface area (Å²) in [5.41, 5.74) is 0.406. The summed E-state index contributed by atoms with van der Waals surface area (Å²) >= 11 is 4.88. The van der Waals surface area contributed by atoms with E-state index in [2.05, 4.69) is 15.6 Å². The fourth-order valence-corrected chi connectivity index (χ4v) is 3.63. The van der Waals surface area contributed by atoms with Crippen LogP contribution in [0.2, 0.25) is 0 Å². The first kappa shape index (κ1) is 24.0. The van der Waals surface area contributed by atoms with Crippen LogP contribution in [0.5, 0.6) is 0 Å². The van der Waals surface area contributed by atoms with Gasteiger partial charge in [0.2, 0.25) is 0 Å². The van der Waals surface area contributed by atoms with E-state index < -0.39 is 28.3 Å². The zero-order valence-corrected chi connectivity index (χ0v) is 19.1. The lowest BCUT2D eigenvalue weighted by Crippen LogP contribution is -2.49. The van der Waals surface area contributed by atoms with Crippen molar-refractivity contribution in [1.29, 1.82) is 0 Å². The fourth-order valence-electron chi connectivity index (χ4n) is 3.56. The molecule has 0 unspecified atom stereocenters. The SMILES string of the molecule is COC(=S)NCc1cn(-c2cc(F)c(N3CCN(C(=O)c4ccc([N+](=O)[O-])o4)CC3)c(F)c2)nn1. The van der Waals surface area contributed by atoms with Gasteiger partial charge in [-0.05, 0) is 18.3 Å². The van der Waals surface area contributed by atoms with Gasteiger partial charge in [0.1, 0.15) is 16.3 Å². The molecule has 35 heavy (non-hydrogen) atoms. The highest BCUT2D eigenvalue weighted by atomic mass is 32.1. The lowest BCUT2D eigenvalue weighted by molar-refractivity contribution is -0.402. The minimum absolute atomic E-state index is 0.144. The molecule has 1 amide bonds. The number of methoxy groups -OCH3 is 1. The van der Waals surface area contributed by atoms with Crippen LogP contribution in [0.3, 0.4) is 0 Å². The summed E-state index contributed by atoms with van der Waals surface area (Å²) in [6.45, 7) is 0.831. The summed E-state index contributed by atoms with van der Waals surface area (Å²) in [7, 11) is 1.42. The molecule has 2 aromatic heterocycles. The van der Waals surface area contributed by atoms with E-state index in [-0.39, 0.29) is 55.0 Å². The molecule has 1 aliphatic heterocycles. The second-order valence-corrected chi connectivity index (χ2v) is 7.80. The van der Waals surface area contributed by atoms with E-state index in [1.54, 1.807) is 0 Å². The van der Waals surface area contributed by atoms with Crippen molar-refractivity contribution in [3.05, 3.63) is 63.7 Å². The van der Waals surface area contributed by atoms with Crippen LogP contribution in [0.25, 0.3) is 5.69 Å². The first-order chi connectivity index (χ1) is 16.8. The van der Waals surface area contributed by atoms with Gasteiger partial charge in [-0.3, -0.25) is 14.9 Å². The number of hydrogen-bond acceptors (Lipinski definition) is 9. The van der Waals surface area contributed by atoms with Gasteiger partial charge in [0.15, 0.2) is 17.4 Å². The van der Waals surface area contributed by atoms with Crippen molar-refractivity contribution in [2.24, 2.45) is 0 Å². The number of nitro groups is 1. The van der Waals surface area contributed by atoms with Gasteiger partial charge in [0.25, 0.3) is 11.1 Å².